The molecule has 0 heterocycles. The number of thioether (sulfide) groups is 1. The van der Waals surface area contributed by atoms with Crippen molar-refractivity contribution in [2.24, 2.45) is 5.92 Å². The highest BCUT2D eigenvalue weighted by Crippen LogP contribution is 2.23. The van der Waals surface area contributed by atoms with Crippen LogP contribution >= 0.6 is 27.7 Å². The Morgan fingerprint density at radius 1 is 1.29 bits per heavy atom. The molecule has 1 rings (SSSR count). The first-order chi connectivity index (χ1) is 8.11. The normalized spacial score (nSPS) is 13.0. The average molecular weight is 316 g/mol. The van der Waals surface area contributed by atoms with Crippen molar-refractivity contribution in [2.45, 2.75) is 37.6 Å². The van der Waals surface area contributed by atoms with Crippen LogP contribution in [0.3, 0.4) is 0 Å². The van der Waals surface area contributed by atoms with Crippen LogP contribution in [0.2, 0.25) is 0 Å². The van der Waals surface area contributed by atoms with Crippen LogP contribution in [0.1, 0.15) is 26.7 Å². The van der Waals surface area contributed by atoms with Gasteiger partial charge < -0.3 is 5.32 Å². The molecule has 0 saturated heterocycles. The lowest BCUT2D eigenvalue weighted by Crippen LogP contribution is -2.28. The lowest BCUT2D eigenvalue weighted by atomic mass is 10.0. The zero-order valence-corrected chi connectivity index (χ0v) is 13.3. The molecule has 0 amide bonds. The fourth-order valence-corrected chi connectivity index (χ4v) is 3.26. The minimum Gasteiger partial charge on any atom is -0.316 e. The zero-order chi connectivity index (χ0) is 12.7. The van der Waals surface area contributed by atoms with Crippen LogP contribution in [0, 0.1) is 5.92 Å². The molecule has 1 nitrogen and oxygen atoms in total. The van der Waals surface area contributed by atoms with Gasteiger partial charge in [-0.3, -0.25) is 0 Å². The van der Waals surface area contributed by atoms with Gasteiger partial charge in [-0.1, -0.05) is 35.8 Å². The van der Waals surface area contributed by atoms with Gasteiger partial charge in [-0.05, 0) is 44.0 Å². The molecule has 0 radical (unpaired) electrons. The fraction of sp³-hybridized carbons (Fsp3) is 0.571. The Kier molecular flexibility index (Phi) is 7.24. The molecule has 17 heavy (non-hydrogen) atoms. The van der Waals surface area contributed by atoms with E-state index in [1.807, 2.05) is 11.8 Å². The second-order valence-electron chi connectivity index (χ2n) is 4.73. The number of hydrogen-bond acceptors (Lipinski definition) is 2. The summed E-state index contributed by atoms with van der Waals surface area (Å²) in [6, 6.07) is 9.12. The molecule has 1 atom stereocenters. The van der Waals surface area contributed by atoms with Gasteiger partial charge in [0, 0.05) is 21.2 Å². The molecule has 0 fully saturated rings. The van der Waals surface area contributed by atoms with E-state index < -0.39 is 0 Å². The van der Waals surface area contributed by atoms with Crippen LogP contribution in [0.15, 0.2) is 33.6 Å². The summed E-state index contributed by atoms with van der Waals surface area (Å²) in [6.45, 7) is 4.57. The van der Waals surface area contributed by atoms with E-state index in [0.717, 1.165) is 16.1 Å². The van der Waals surface area contributed by atoms with Crippen molar-refractivity contribution in [1.29, 1.82) is 0 Å². The highest BCUT2D eigenvalue weighted by Gasteiger charge is 2.08. The van der Waals surface area contributed by atoms with Gasteiger partial charge in [0.1, 0.15) is 0 Å². The molecule has 0 aliphatic carbocycles. The molecule has 0 aliphatic rings. The van der Waals surface area contributed by atoms with Crippen LogP contribution in [0.25, 0.3) is 0 Å². The van der Waals surface area contributed by atoms with Crippen molar-refractivity contribution in [3.8, 4) is 0 Å². The molecule has 1 unspecified atom stereocenters. The average Bonchev–Trinajstić information content (AvgIpc) is 2.29. The standard InChI is InChI=1S/C14H22BrNS/c1-11(2)7-8-13(16-3)10-17-14-6-4-5-12(15)9-14/h4-6,9,11,13,16H,7-8,10H2,1-3H3. The molecule has 0 saturated carbocycles. The third-order valence-corrected chi connectivity index (χ3v) is 4.40. The number of halogens is 1. The minimum atomic E-state index is 0.612. The van der Waals surface area contributed by atoms with Crippen molar-refractivity contribution in [3.63, 3.8) is 0 Å². The van der Waals surface area contributed by atoms with E-state index in [1.54, 1.807) is 0 Å². The van der Waals surface area contributed by atoms with E-state index in [4.69, 9.17) is 0 Å². The molecular formula is C14H22BrNS. The highest BCUT2D eigenvalue weighted by atomic mass is 79.9. The predicted octanol–water partition coefficient (Wildman–Crippen LogP) is 4.57. The molecule has 1 aromatic rings. The van der Waals surface area contributed by atoms with Crippen LogP contribution < -0.4 is 5.32 Å². The Hall–Kier alpha value is 0.01000. The quantitative estimate of drug-likeness (QED) is 0.740. The summed E-state index contributed by atoms with van der Waals surface area (Å²) < 4.78 is 1.16. The molecule has 0 spiro atoms. The Balaban J connectivity index is 2.37. The van der Waals surface area contributed by atoms with Crippen molar-refractivity contribution < 1.29 is 0 Å². The summed E-state index contributed by atoms with van der Waals surface area (Å²) in [7, 11) is 2.06. The van der Waals surface area contributed by atoms with Crippen molar-refractivity contribution >= 4 is 27.7 Å². The van der Waals surface area contributed by atoms with Gasteiger partial charge in [0.25, 0.3) is 0 Å². The van der Waals surface area contributed by atoms with E-state index in [2.05, 4.69) is 66.4 Å². The molecule has 0 aliphatic heterocycles. The van der Waals surface area contributed by atoms with Gasteiger partial charge in [-0.25, -0.2) is 0 Å². The third kappa shape index (κ3) is 6.49. The highest BCUT2D eigenvalue weighted by molar-refractivity contribution is 9.10. The number of hydrogen-bond donors (Lipinski definition) is 1. The van der Waals surface area contributed by atoms with E-state index in [9.17, 15) is 0 Å². The first kappa shape index (κ1) is 15.1. The molecule has 0 bridgehead atoms. The van der Waals surface area contributed by atoms with E-state index in [0.29, 0.717) is 6.04 Å². The topological polar surface area (TPSA) is 12.0 Å². The van der Waals surface area contributed by atoms with Gasteiger partial charge in [0.2, 0.25) is 0 Å². The van der Waals surface area contributed by atoms with Gasteiger partial charge in [0.05, 0.1) is 0 Å². The maximum atomic E-state index is 3.51. The zero-order valence-electron chi connectivity index (χ0n) is 10.9. The van der Waals surface area contributed by atoms with Crippen molar-refractivity contribution in [3.05, 3.63) is 28.7 Å². The minimum absolute atomic E-state index is 0.612. The van der Waals surface area contributed by atoms with Crippen LogP contribution in [-0.4, -0.2) is 18.8 Å². The largest absolute Gasteiger partial charge is 0.316 e. The second-order valence-corrected chi connectivity index (χ2v) is 6.73. The maximum absolute atomic E-state index is 3.51. The molecule has 1 N–H and O–H groups in total. The molecule has 3 heteroatoms. The van der Waals surface area contributed by atoms with Crippen LogP contribution in [0.4, 0.5) is 0 Å². The Morgan fingerprint density at radius 2 is 2.06 bits per heavy atom. The van der Waals surface area contributed by atoms with Crippen molar-refractivity contribution in [1.82, 2.24) is 5.32 Å². The fourth-order valence-electron chi connectivity index (χ4n) is 1.60. The second kappa shape index (κ2) is 8.17. The Morgan fingerprint density at radius 3 is 2.65 bits per heavy atom. The number of benzene rings is 1. The van der Waals surface area contributed by atoms with Crippen LogP contribution in [0.5, 0.6) is 0 Å². The van der Waals surface area contributed by atoms with Gasteiger partial charge in [0.15, 0.2) is 0 Å². The van der Waals surface area contributed by atoms with E-state index >= 15 is 0 Å². The monoisotopic (exact) mass is 315 g/mol. The first-order valence-corrected chi connectivity index (χ1v) is 7.95. The number of rotatable bonds is 7. The van der Waals surface area contributed by atoms with Crippen molar-refractivity contribution in [2.75, 3.05) is 12.8 Å². The summed E-state index contributed by atoms with van der Waals surface area (Å²) in [6.07, 6.45) is 2.56. The summed E-state index contributed by atoms with van der Waals surface area (Å²) in [5, 5.41) is 3.41. The smallest absolute Gasteiger partial charge is 0.0186 e. The van der Waals surface area contributed by atoms with Gasteiger partial charge >= 0.3 is 0 Å². The number of nitrogens with one attached hydrogen (secondary N) is 1. The lowest BCUT2D eigenvalue weighted by molar-refractivity contribution is 0.479. The first-order valence-electron chi connectivity index (χ1n) is 6.17. The van der Waals surface area contributed by atoms with E-state index in [1.165, 1.54) is 17.7 Å². The SMILES string of the molecule is CNC(CCC(C)C)CSc1cccc(Br)c1. The molecular weight excluding hydrogens is 294 g/mol. The van der Waals surface area contributed by atoms with Gasteiger partial charge in [-0.2, -0.15) is 0 Å². The van der Waals surface area contributed by atoms with E-state index in [-0.39, 0.29) is 0 Å². The maximum Gasteiger partial charge on any atom is 0.0186 e. The third-order valence-electron chi connectivity index (χ3n) is 2.75. The molecule has 96 valence electrons. The Labute approximate surface area is 118 Å². The van der Waals surface area contributed by atoms with Gasteiger partial charge in [-0.15, -0.1) is 11.8 Å². The lowest BCUT2D eigenvalue weighted by Gasteiger charge is -2.16. The Bertz CT molecular complexity index is 328. The summed E-state index contributed by atoms with van der Waals surface area (Å²) in [5.74, 6) is 1.93. The molecule has 0 aromatic heterocycles. The molecule has 1 aromatic carbocycles. The predicted molar refractivity (Wildman–Crippen MR) is 81.8 cm³/mol. The summed E-state index contributed by atoms with van der Waals surface area (Å²) in [4.78, 5) is 1.34. The van der Waals surface area contributed by atoms with Crippen LogP contribution in [-0.2, 0) is 0 Å². The summed E-state index contributed by atoms with van der Waals surface area (Å²) in [5.41, 5.74) is 0. The summed E-state index contributed by atoms with van der Waals surface area (Å²) >= 11 is 5.43.